The van der Waals surface area contributed by atoms with Crippen molar-refractivity contribution in [3.8, 4) is 0 Å². The number of hydrogen-bond donors (Lipinski definition) is 3. The molecule has 0 fully saturated rings. The number of rotatable bonds is 5. The number of hydrogen-bond acceptors (Lipinski definition) is 3. The molecule has 0 aromatic heterocycles. The van der Waals surface area contributed by atoms with Crippen LogP contribution < -0.4 is 5.32 Å². The summed E-state index contributed by atoms with van der Waals surface area (Å²) in [6.45, 7) is 0.228. The highest BCUT2D eigenvalue weighted by atomic mass is 16.4. The second-order valence-corrected chi connectivity index (χ2v) is 2.52. The van der Waals surface area contributed by atoms with Crippen LogP contribution in [0.5, 0.6) is 0 Å². The molecule has 0 aliphatic carbocycles. The standard InChI is InChI=1S/C7H14N2O4/c1-9(4-5-10)7(13)8-3-2-6(11)12/h10H,2-5H2,1H3,(H,8,13)(H,11,12). The zero-order valence-electron chi connectivity index (χ0n) is 7.49. The number of carboxylic acid groups (broad SMARTS) is 1. The Morgan fingerprint density at radius 3 is 2.54 bits per heavy atom. The van der Waals surface area contributed by atoms with Gasteiger partial charge in [0.2, 0.25) is 0 Å². The van der Waals surface area contributed by atoms with Gasteiger partial charge in [-0.2, -0.15) is 0 Å². The summed E-state index contributed by atoms with van der Waals surface area (Å²) in [5.41, 5.74) is 0. The molecule has 0 bridgehead atoms. The van der Waals surface area contributed by atoms with Crippen molar-refractivity contribution >= 4 is 12.0 Å². The van der Waals surface area contributed by atoms with Crippen LogP contribution in [0.15, 0.2) is 0 Å². The van der Waals surface area contributed by atoms with E-state index in [9.17, 15) is 9.59 Å². The van der Waals surface area contributed by atoms with Crippen LogP contribution in [0.2, 0.25) is 0 Å². The molecule has 0 rings (SSSR count). The van der Waals surface area contributed by atoms with Crippen LogP contribution in [0.4, 0.5) is 4.79 Å². The lowest BCUT2D eigenvalue weighted by Crippen LogP contribution is -2.39. The van der Waals surface area contributed by atoms with E-state index in [-0.39, 0.29) is 32.1 Å². The van der Waals surface area contributed by atoms with Crippen molar-refractivity contribution in [2.75, 3.05) is 26.7 Å². The van der Waals surface area contributed by atoms with Crippen molar-refractivity contribution in [3.63, 3.8) is 0 Å². The summed E-state index contributed by atoms with van der Waals surface area (Å²) in [5, 5.41) is 19.1. The van der Waals surface area contributed by atoms with Crippen LogP contribution >= 0.6 is 0 Å². The van der Waals surface area contributed by atoms with Crippen molar-refractivity contribution < 1.29 is 19.8 Å². The first-order valence-corrected chi connectivity index (χ1v) is 3.89. The molecule has 0 aromatic rings. The van der Waals surface area contributed by atoms with E-state index in [1.807, 2.05) is 0 Å². The lowest BCUT2D eigenvalue weighted by molar-refractivity contribution is -0.136. The number of carboxylic acids is 1. The van der Waals surface area contributed by atoms with Gasteiger partial charge in [0, 0.05) is 20.1 Å². The number of likely N-dealkylation sites (N-methyl/N-ethyl adjacent to an activating group) is 1. The van der Waals surface area contributed by atoms with Crippen LogP contribution in [-0.4, -0.2) is 53.9 Å². The zero-order valence-corrected chi connectivity index (χ0v) is 7.49. The largest absolute Gasteiger partial charge is 0.481 e. The van der Waals surface area contributed by atoms with Crippen molar-refractivity contribution in [1.29, 1.82) is 0 Å². The van der Waals surface area contributed by atoms with E-state index in [0.717, 1.165) is 0 Å². The molecule has 0 radical (unpaired) electrons. The highest BCUT2D eigenvalue weighted by Gasteiger charge is 2.06. The van der Waals surface area contributed by atoms with Crippen LogP contribution in [0.25, 0.3) is 0 Å². The minimum Gasteiger partial charge on any atom is -0.481 e. The van der Waals surface area contributed by atoms with Crippen LogP contribution in [-0.2, 0) is 4.79 Å². The molecule has 0 saturated heterocycles. The number of nitrogens with one attached hydrogen (secondary N) is 1. The van der Waals surface area contributed by atoms with E-state index < -0.39 is 5.97 Å². The molecule has 0 atom stereocenters. The Labute approximate surface area is 76.2 Å². The summed E-state index contributed by atoms with van der Waals surface area (Å²) >= 11 is 0. The van der Waals surface area contributed by atoms with Crippen molar-refractivity contribution in [2.24, 2.45) is 0 Å². The van der Waals surface area contributed by atoms with E-state index in [1.165, 1.54) is 11.9 Å². The smallest absolute Gasteiger partial charge is 0.317 e. The third-order valence-electron chi connectivity index (χ3n) is 1.40. The fraction of sp³-hybridized carbons (Fsp3) is 0.714. The lowest BCUT2D eigenvalue weighted by Gasteiger charge is -2.15. The van der Waals surface area contributed by atoms with E-state index in [0.29, 0.717) is 0 Å². The molecule has 0 aromatic carbocycles. The van der Waals surface area contributed by atoms with Gasteiger partial charge < -0.3 is 20.4 Å². The number of nitrogens with zero attached hydrogens (tertiary/aromatic N) is 1. The van der Waals surface area contributed by atoms with Gasteiger partial charge in [-0.05, 0) is 0 Å². The number of aliphatic hydroxyl groups is 1. The second kappa shape index (κ2) is 6.24. The quantitative estimate of drug-likeness (QED) is 0.523. The van der Waals surface area contributed by atoms with E-state index in [2.05, 4.69) is 5.32 Å². The predicted octanol–water partition coefficient (Wildman–Crippen LogP) is -0.905. The molecule has 0 spiro atoms. The van der Waals surface area contributed by atoms with E-state index >= 15 is 0 Å². The predicted molar refractivity (Wildman–Crippen MR) is 45.4 cm³/mol. The summed E-state index contributed by atoms with van der Waals surface area (Å²) < 4.78 is 0. The molecule has 2 amide bonds. The summed E-state index contributed by atoms with van der Waals surface area (Å²) in [5.74, 6) is -0.954. The van der Waals surface area contributed by atoms with Crippen molar-refractivity contribution in [3.05, 3.63) is 0 Å². The van der Waals surface area contributed by atoms with Gasteiger partial charge in [0.05, 0.1) is 13.0 Å². The first kappa shape index (κ1) is 11.7. The molecule has 13 heavy (non-hydrogen) atoms. The van der Waals surface area contributed by atoms with Gasteiger partial charge in [0.15, 0.2) is 0 Å². The fourth-order valence-corrected chi connectivity index (χ4v) is 0.663. The molecule has 0 unspecified atom stereocenters. The Morgan fingerprint density at radius 2 is 2.08 bits per heavy atom. The van der Waals surface area contributed by atoms with E-state index in [1.54, 1.807) is 0 Å². The van der Waals surface area contributed by atoms with E-state index in [4.69, 9.17) is 10.2 Å². The van der Waals surface area contributed by atoms with Gasteiger partial charge in [-0.25, -0.2) is 4.79 Å². The highest BCUT2D eigenvalue weighted by molar-refractivity contribution is 5.74. The van der Waals surface area contributed by atoms with Gasteiger partial charge in [0.1, 0.15) is 0 Å². The monoisotopic (exact) mass is 190 g/mol. The Kier molecular flexibility index (Phi) is 5.62. The Balaban J connectivity index is 3.55. The third kappa shape index (κ3) is 5.92. The zero-order chi connectivity index (χ0) is 10.3. The molecule has 0 heterocycles. The number of carbonyl (C=O) groups is 2. The maximum atomic E-state index is 11.0. The minimum atomic E-state index is -0.954. The molecule has 0 saturated carbocycles. The molecular weight excluding hydrogens is 176 g/mol. The fourth-order valence-electron chi connectivity index (χ4n) is 0.663. The lowest BCUT2D eigenvalue weighted by atomic mass is 10.4. The average molecular weight is 190 g/mol. The van der Waals surface area contributed by atoms with Gasteiger partial charge in [-0.1, -0.05) is 0 Å². The molecule has 76 valence electrons. The summed E-state index contributed by atoms with van der Waals surface area (Å²) in [6, 6.07) is -0.379. The Bertz CT molecular complexity index is 183. The van der Waals surface area contributed by atoms with Gasteiger partial charge in [-0.3, -0.25) is 4.79 Å². The molecule has 3 N–H and O–H groups in total. The number of carbonyl (C=O) groups excluding carboxylic acids is 1. The van der Waals surface area contributed by atoms with Gasteiger partial charge in [0.25, 0.3) is 0 Å². The molecule has 0 aliphatic heterocycles. The maximum Gasteiger partial charge on any atom is 0.317 e. The number of amides is 2. The minimum absolute atomic E-state index is 0.0985. The SMILES string of the molecule is CN(CCO)C(=O)NCCC(=O)O. The molecular formula is C7H14N2O4. The van der Waals surface area contributed by atoms with Crippen LogP contribution in [0, 0.1) is 0 Å². The number of aliphatic carboxylic acids is 1. The normalized spacial score (nSPS) is 9.38. The second-order valence-electron chi connectivity index (χ2n) is 2.52. The average Bonchev–Trinajstić information content (AvgIpc) is 2.04. The Hall–Kier alpha value is -1.30. The number of urea groups is 1. The van der Waals surface area contributed by atoms with Crippen molar-refractivity contribution in [2.45, 2.75) is 6.42 Å². The summed E-state index contributed by atoms with van der Waals surface area (Å²) in [7, 11) is 1.52. The van der Waals surface area contributed by atoms with Gasteiger partial charge in [-0.15, -0.1) is 0 Å². The third-order valence-corrected chi connectivity index (χ3v) is 1.40. The van der Waals surface area contributed by atoms with Crippen LogP contribution in [0.1, 0.15) is 6.42 Å². The topological polar surface area (TPSA) is 89.9 Å². The molecule has 0 aliphatic rings. The molecule has 6 nitrogen and oxygen atoms in total. The van der Waals surface area contributed by atoms with Crippen LogP contribution in [0.3, 0.4) is 0 Å². The summed E-state index contributed by atoms with van der Waals surface area (Å²) in [6.07, 6.45) is -0.0985. The molecule has 6 heteroatoms. The Morgan fingerprint density at radius 1 is 1.46 bits per heavy atom. The number of aliphatic hydroxyl groups excluding tert-OH is 1. The highest BCUT2D eigenvalue weighted by Crippen LogP contribution is 1.83. The maximum absolute atomic E-state index is 11.0. The first-order chi connectivity index (χ1) is 6.07. The first-order valence-electron chi connectivity index (χ1n) is 3.89. The summed E-state index contributed by atoms with van der Waals surface area (Å²) in [4.78, 5) is 22.4. The van der Waals surface area contributed by atoms with Crippen molar-refractivity contribution in [1.82, 2.24) is 10.2 Å². The van der Waals surface area contributed by atoms with Gasteiger partial charge >= 0.3 is 12.0 Å².